The van der Waals surface area contributed by atoms with Crippen LogP contribution >= 0.6 is 0 Å². The maximum absolute atomic E-state index is 13.7. The van der Waals surface area contributed by atoms with E-state index in [0.29, 0.717) is 13.0 Å². The molecular weight excluding hydrogens is 496 g/mol. The molecule has 0 aliphatic heterocycles. The number of nitrogens with zero attached hydrogens (tertiary/aromatic N) is 1. The number of nitriles is 1. The zero-order valence-corrected chi connectivity index (χ0v) is 27.1. The maximum atomic E-state index is 13.7. The molecule has 0 saturated heterocycles. The first-order valence-corrected chi connectivity index (χ1v) is 15.5. The van der Waals surface area contributed by atoms with Crippen LogP contribution in [0, 0.1) is 55.7 Å². The van der Waals surface area contributed by atoms with Gasteiger partial charge >= 0.3 is 0 Å². The number of carbonyl (C=O) groups is 3. The third-order valence-electron chi connectivity index (χ3n) is 12.4. The second kappa shape index (κ2) is 10.6. The van der Waals surface area contributed by atoms with Crippen LogP contribution in [0.4, 0.5) is 0 Å². The Labute approximate surface area is 243 Å². The lowest BCUT2D eigenvalue weighted by molar-refractivity contribution is -0.138. The summed E-state index contributed by atoms with van der Waals surface area (Å²) in [6, 6.07) is 2.17. The molecule has 0 heterocycles. The Morgan fingerprint density at radius 2 is 1.70 bits per heavy atom. The van der Waals surface area contributed by atoms with E-state index in [4.69, 9.17) is 0 Å². The lowest BCUT2D eigenvalue weighted by Crippen LogP contribution is -2.59. The van der Waals surface area contributed by atoms with E-state index >= 15 is 0 Å². The van der Waals surface area contributed by atoms with Crippen molar-refractivity contribution in [1.82, 2.24) is 5.32 Å². The van der Waals surface area contributed by atoms with E-state index in [2.05, 4.69) is 66.8 Å². The highest BCUT2D eigenvalue weighted by atomic mass is 16.2. The number of hydrogen-bond acceptors (Lipinski definition) is 4. The SMILES string of the molecule is CCNC(=O)[C@@](C)(CCC(C)(C)CC)CC[C@]1(C)C(C)C(=O)C=C2[C@@]3(C)C=C(C#N)C(=O)C(C)(C)[C@@H]3CC[C@]21C. The number of hydrogen-bond donors (Lipinski definition) is 1. The Bertz CT molecular complexity index is 1170. The van der Waals surface area contributed by atoms with Gasteiger partial charge in [0.25, 0.3) is 0 Å². The van der Waals surface area contributed by atoms with Crippen LogP contribution in [0.25, 0.3) is 0 Å². The molecule has 0 aromatic heterocycles. The second-order valence-electron chi connectivity index (χ2n) is 15.5. The van der Waals surface area contributed by atoms with Crippen LogP contribution in [0.5, 0.6) is 0 Å². The first-order valence-electron chi connectivity index (χ1n) is 15.5. The molecule has 1 fully saturated rings. The molecule has 1 N–H and O–H groups in total. The zero-order valence-electron chi connectivity index (χ0n) is 27.1. The standard InChI is InChI=1S/C35H54N2O3/c1-12-30(4,5)16-17-32(8,29(40)37-13-2)18-19-34(10)23(3)25(38)20-27-33(9)21-24(22-36)28(39)31(6,7)26(33)14-15-35(27,34)11/h20-21,23,26H,12-19H2,1-11H3,(H,37,40)/t23?,26-,32-,33-,34+,35+/m0/s1. The van der Waals surface area contributed by atoms with Crippen molar-refractivity contribution in [2.75, 3.05) is 6.54 Å². The smallest absolute Gasteiger partial charge is 0.225 e. The van der Waals surface area contributed by atoms with Crippen LogP contribution in [0.15, 0.2) is 23.3 Å². The minimum Gasteiger partial charge on any atom is -0.356 e. The van der Waals surface area contributed by atoms with Crippen molar-refractivity contribution in [3.63, 3.8) is 0 Å². The average Bonchev–Trinajstić information content (AvgIpc) is 2.89. The molecule has 0 aromatic rings. The molecule has 0 spiro atoms. The summed E-state index contributed by atoms with van der Waals surface area (Å²) in [4.78, 5) is 40.5. The van der Waals surface area contributed by atoms with Gasteiger partial charge in [0, 0.05) is 28.7 Å². The van der Waals surface area contributed by atoms with Gasteiger partial charge < -0.3 is 5.32 Å². The summed E-state index contributed by atoms with van der Waals surface area (Å²) >= 11 is 0. The summed E-state index contributed by atoms with van der Waals surface area (Å²) in [5, 5.41) is 13.0. The van der Waals surface area contributed by atoms with Crippen molar-refractivity contribution in [3.05, 3.63) is 23.3 Å². The number of rotatable bonds is 9. The molecule has 1 amide bonds. The first kappa shape index (κ1) is 32.3. The number of allylic oxidation sites excluding steroid dienone is 4. The molecule has 40 heavy (non-hydrogen) atoms. The van der Waals surface area contributed by atoms with Crippen LogP contribution in [0.1, 0.15) is 121 Å². The molecule has 222 valence electrons. The molecule has 5 heteroatoms. The van der Waals surface area contributed by atoms with Crippen LogP contribution < -0.4 is 5.32 Å². The third-order valence-corrected chi connectivity index (χ3v) is 12.4. The van der Waals surface area contributed by atoms with E-state index in [-0.39, 0.29) is 51.1 Å². The second-order valence-corrected chi connectivity index (χ2v) is 15.5. The maximum Gasteiger partial charge on any atom is 0.225 e. The summed E-state index contributed by atoms with van der Waals surface area (Å²) < 4.78 is 0. The monoisotopic (exact) mass is 550 g/mol. The lowest BCUT2D eigenvalue weighted by atomic mass is 9.39. The summed E-state index contributed by atoms with van der Waals surface area (Å²) in [6.45, 7) is 24.1. The molecule has 1 unspecified atom stereocenters. The van der Waals surface area contributed by atoms with Gasteiger partial charge in [-0.1, -0.05) is 87.3 Å². The number of carbonyl (C=O) groups excluding carboxylic acids is 3. The summed E-state index contributed by atoms with van der Waals surface area (Å²) in [7, 11) is 0. The minimum absolute atomic E-state index is 0.0197. The summed E-state index contributed by atoms with van der Waals surface area (Å²) in [6.07, 6.45) is 9.77. The van der Waals surface area contributed by atoms with Crippen LogP contribution in [-0.4, -0.2) is 24.0 Å². The van der Waals surface area contributed by atoms with Crippen LogP contribution in [0.2, 0.25) is 0 Å². The van der Waals surface area contributed by atoms with Gasteiger partial charge in [-0.05, 0) is 73.7 Å². The Morgan fingerprint density at radius 1 is 1.07 bits per heavy atom. The summed E-state index contributed by atoms with van der Waals surface area (Å²) in [5.74, 6) is -0.0418. The fourth-order valence-corrected chi connectivity index (χ4v) is 8.40. The first-order chi connectivity index (χ1) is 18.3. The van der Waals surface area contributed by atoms with E-state index < -0.39 is 16.2 Å². The van der Waals surface area contributed by atoms with Crippen molar-refractivity contribution in [3.8, 4) is 6.07 Å². The van der Waals surface area contributed by atoms with Crippen LogP contribution in [0.3, 0.4) is 0 Å². The van der Waals surface area contributed by atoms with Gasteiger partial charge in [-0.3, -0.25) is 14.4 Å². The Morgan fingerprint density at radius 3 is 2.25 bits per heavy atom. The molecule has 0 radical (unpaired) electrons. The largest absolute Gasteiger partial charge is 0.356 e. The van der Waals surface area contributed by atoms with Crippen molar-refractivity contribution in [2.24, 2.45) is 44.3 Å². The van der Waals surface area contributed by atoms with Crippen molar-refractivity contribution < 1.29 is 14.4 Å². The number of nitrogens with one attached hydrogen (secondary N) is 1. The molecule has 3 rings (SSSR count). The predicted molar refractivity (Wildman–Crippen MR) is 161 cm³/mol. The van der Waals surface area contributed by atoms with Gasteiger partial charge in [0.15, 0.2) is 11.6 Å². The van der Waals surface area contributed by atoms with Gasteiger partial charge in [-0.2, -0.15) is 5.26 Å². The van der Waals surface area contributed by atoms with E-state index in [9.17, 15) is 19.6 Å². The fourth-order valence-electron chi connectivity index (χ4n) is 8.40. The number of Topliss-reactive ketones (excluding diaryl/α,β-unsaturated/α-hetero) is 1. The molecule has 0 bridgehead atoms. The molecule has 3 aliphatic rings. The third kappa shape index (κ3) is 4.92. The fraction of sp³-hybridized carbons (Fsp3) is 0.771. The topological polar surface area (TPSA) is 87.0 Å². The summed E-state index contributed by atoms with van der Waals surface area (Å²) in [5.41, 5.74) is -0.989. The van der Waals surface area contributed by atoms with Gasteiger partial charge in [-0.15, -0.1) is 0 Å². The highest BCUT2D eigenvalue weighted by Crippen LogP contribution is 2.70. The van der Waals surface area contributed by atoms with Gasteiger partial charge in [0.2, 0.25) is 5.91 Å². The molecule has 0 aromatic carbocycles. The highest BCUT2D eigenvalue weighted by Gasteiger charge is 2.64. The van der Waals surface area contributed by atoms with Gasteiger partial charge in [0.1, 0.15) is 6.07 Å². The lowest BCUT2D eigenvalue weighted by Gasteiger charge is -2.64. The molecular formula is C35H54N2O3. The normalized spacial score (nSPS) is 35.0. The predicted octanol–water partition coefficient (Wildman–Crippen LogP) is 7.76. The van der Waals surface area contributed by atoms with E-state index in [0.717, 1.165) is 44.1 Å². The van der Waals surface area contributed by atoms with E-state index in [1.54, 1.807) is 0 Å². The van der Waals surface area contributed by atoms with E-state index in [1.165, 1.54) is 0 Å². The quantitative estimate of drug-likeness (QED) is 0.318. The number of ketones is 2. The Balaban J connectivity index is 2.07. The number of fused-ring (bicyclic) bond motifs is 3. The molecule has 6 atom stereocenters. The Kier molecular flexibility index (Phi) is 8.53. The molecule has 5 nitrogen and oxygen atoms in total. The van der Waals surface area contributed by atoms with Crippen molar-refractivity contribution in [2.45, 2.75) is 121 Å². The van der Waals surface area contributed by atoms with E-state index in [1.807, 2.05) is 32.9 Å². The van der Waals surface area contributed by atoms with Gasteiger partial charge in [0.05, 0.1) is 5.57 Å². The average molecular weight is 551 g/mol. The molecule has 3 aliphatic carbocycles. The Hall–Kier alpha value is -2.22. The van der Waals surface area contributed by atoms with Crippen LogP contribution in [-0.2, 0) is 14.4 Å². The minimum atomic E-state index is -0.678. The zero-order chi connectivity index (χ0) is 30.5. The van der Waals surface area contributed by atoms with Crippen molar-refractivity contribution in [1.29, 1.82) is 5.26 Å². The molecule has 1 saturated carbocycles. The van der Waals surface area contributed by atoms with Gasteiger partial charge in [-0.25, -0.2) is 0 Å². The number of amides is 1. The highest BCUT2D eigenvalue weighted by molar-refractivity contribution is 6.04. The van der Waals surface area contributed by atoms with Crippen molar-refractivity contribution >= 4 is 17.5 Å².